The van der Waals surface area contributed by atoms with Crippen LogP contribution in [0.25, 0.3) is 21.8 Å². The average molecular weight is 464 g/mol. The van der Waals surface area contributed by atoms with Crippen LogP contribution in [-0.4, -0.2) is 40.5 Å². The van der Waals surface area contributed by atoms with E-state index in [-0.39, 0.29) is 29.8 Å². The molecule has 3 atom stereocenters. The number of hydrogen-bond donors (Lipinski definition) is 2. The number of aromatic hydroxyl groups is 1. The molecule has 0 amide bonds. The topological polar surface area (TPSA) is 98.1 Å². The summed E-state index contributed by atoms with van der Waals surface area (Å²) >= 11 is 0. The number of allylic oxidation sites excluding steroid dienone is 1. The minimum Gasteiger partial charge on any atom is -0.504 e. The second kappa shape index (κ2) is 7.87. The highest BCUT2D eigenvalue weighted by Crippen LogP contribution is 2.56. The number of aromatic nitrogens is 1. The van der Waals surface area contributed by atoms with Crippen LogP contribution in [0.1, 0.15) is 52.0 Å². The number of hydrogen-bond acceptors (Lipinski definition) is 7. The van der Waals surface area contributed by atoms with E-state index >= 15 is 0 Å². The van der Waals surface area contributed by atoms with E-state index in [9.17, 15) is 15.0 Å². The number of ether oxygens (including phenoxy) is 3. The molecule has 7 nitrogen and oxygen atoms in total. The molecular formula is C27H29NO6. The minimum absolute atomic E-state index is 0.0314. The highest BCUT2D eigenvalue weighted by Gasteiger charge is 2.50. The van der Waals surface area contributed by atoms with Gasteiger partial charge in [-0.2, -0.15) is 0 Å². The van der Waals surface area contributed by atoms with Crippen LogP contribution in [-0.2, 0) is 9.53 Å². The molecule has 3 aromatic rings. The average Bonchev–Trinajstić information content (AvgIpc) is 2.80. The van der Waals surface area contributed by atoms with Crippen molar-refractivity contribution in [2.75, 3.05) is 7.11 Å². The third-order valence-electron chi connectivity index (χ3n) is 7.09. The van der Waals surface area contributed by atoms with Gasteiger partial charge < -0.3 is 24.4 Å². The van der Waals surface area contributed by atoms with Crippen LogP contribution in [0, 0.1) is 5.41 Å². The Balaban J connectivity index is 1.73. The van der Waals surface area contributed by atoms with Crippen molar-refractivity contribution < 1.29 is 29.2 Å². The van der Waals surface area contributed by atoms with E-state index in [0.717, 1.165) is 16.5 Å². The first kappa shape index (κ1) is 22.5. The van der Waals surface area contributed by atoms with Gasteiger partial charge in [-0.15, -0.1) is 0 Å². The maximum Gasteiger partial charge on any atom is 0.305 e. The summed E-state index contributed by atoms with van der Waals surface area (Å²) in [5.74, 6) is 0.572. The number of aliphatic hydroxyl groups is 1. The van der Waals surface area contributed by atoms with Gasteiger partial charge in [-0.05, 0) is 12.1 Å². The maximum absolute atomic E-state index is 12.1. The monoisotopic (exact) mass is 463 g/mol. The Morgan fingerprint density at radius 2 is 2.03 bits per heavy atom. The van der Waals surface area contributed by atoms with Gasteiger partial charge in [0.05, 0.1) is 18.1 Å². The number of fused-ring (bicyclic) bond motifs is 4. The summed E-state index contributed by atoms with van der Waals surface area (Å²) in [7, 11) is 1.49. The van der Waals surface area contributed by atoms with Crippen molar-refractivity contribution in [3.05, 3.63) is 47.2 Å². The van der Waals surface area contributed by atoms with Gasteiger partial charge in [-0.1, -0.05) is 45.9 Å². The van der Waals surface area contributed by atoms with Gasteiger partial charge in [0.25, 0.3) is 0 Å². The Hall–Kier alpha value is -3.32. The number of nitrogens with zero attached hydrogens (tertiary/aromatic N) is 1. The summed E-state index contributed by atoms with van der Waals surface area (Å²) in [6, 6.07) is 9.58. The van der Waals surface area contributed by atoms with E-state index in [1.165, 1.54) is 7.11 Å². The van der Waals surface area contributed by atoms with Crippen molar-refractivity contribution in [2.24, 2.45) is 5.41 Å². The Kier molecular flexibility index (Phi) is 5.20. The quantitative estimate of drug-likeness (QED) is 0.418. The number of phenolic OH excluding ortho intramolecular Hbond substituents is 1. The fraction of sp³-hybridized carbons (Fsp3) is 0.407. The van der Waals surface area contributed by atoms with E-state index < -0.39 is 17.6 Å². The van der Waals surface area contributed by atoms with Crippen LogP contribution >= 0.6 is 0 Å². The first-order valence-electron chi connectivity index (χ1n) is 11.6. The summed E-state index contributed by atoms with van der Waals surface area (Å²) in [6.45, 7) is 7.60. The molecule has 0 bridgehead atoms. The Morgan fingerprint density at radius 1 is 1.29 bits per heavy atom. The highest BCUT2D eigenvalue weighted by atomic mass is 16.6. The molecule has 3 unspecified atom stereocenters. The molecule has 2 aromatic carbocycles. The lowest BCUT2D eigenvalue weighted by atomic mass is 9.68. The standard InChI is InChI=1S/C27H29NO6/c1-6-18(29)34-26-23(31)19-13(2)20-21-15(11-14-9-7-8-10-16(14)28-21)22(30)25(32-5)24(20)33-17(19)12-27(26,3)4/h7-11,13,23,26,30-31H,6,12H2,1-5H3. The number of carbonyl (C=O) groups is 1. The van der Waals surface area contributed by atoms with Crippen molar-refractivity contribution in [1.29, 1.82) is 0 Å². The van der Waals surface area contributed by atoms with E-state index in [0.29, 0.717) is 34.4 Å². The van der Waals surface area contributed by atoms with Crippen LogP contribution in [0.15, 0.2) is 41.7 Å². The van der Waals surface area contributed by atoms with Gasteiger partial charge in [0, 0.05) is 46.1 Å². The minimum atomic E-state index is -1.03. The molecule has 0 saturated heterocycles. The van der Waals surface area contributed by atoms with Crippen molar-refractivity contribution in [3.8, 4) is 17.2 Å². The van der Waals surface area contributed by atoms with E-state index in [4.69, 9.17) is 19.2 Å². The number of para-hydroxylation sites is 1. The first-order valence-corrected chi connectivity index (χ1v) is 11.6. The largest absolute Gasteiger partial charge is 0.504 e. The van der Waals surface area contributed by atoms with E-state index in [1.807, 2.05) is 51.1 Å². The van der Waals surface area contributed by atoms with Crippen LogP contribution in [0.3, 0.4) is 0 Å². The van der Waals surface area contributed by atoms with E-state index in [2.05, 4.69) is 0 Å². The highest BCUT2D eigenvalue weighted by molar-refractivity contribution is 6.01. The number of phenols is 1. The smallest absolute Gasteiger partial charge is 0.305 e. The molecule has 34 heavy (non-hydrogen) atoms. The molecule has 0 saturated carbocycles. The number of esters is 1. The zero-order valence-corrected chi connectivity index (χ0v) is 20.0. The normalized spacial score (nSPS) is 23.3. The molecule has 2 N–H and O–H groups in total. The Morgan fingerprint density at radius 3 is 2.74 bits per heavy atom. The lowest BCUT2D eigenvalue weighted by Gasteiger charge is -2.46. The molecule has 5 rings (SSSR count). The lowest BCUT2D eigenvalue weighted by molar-refractivity contribution is -0.165. The Labute approximate surface area is 198 Å². The maximum atomic E-state index is 12.1. The SMILES string of the molecule is CCC(=O)OC1C(O)C2=C(CC1(C)C)Oc1c(OC)c(O)c3cc4ccccc4nc3c1C2C. The number of pyridine rings is 1. The van der Waals surface area contributed by atoms with Crippen molar-refractivity contribution in [2.45, 2.75) is 58.7 Å². The predicted molar refractivity (Wildman–Crippen MR) is 128 cm³/mol. The van der Waals surface area contributed by atoms with Crippen LogP contribution < -0.4 is 9.47 Å². The molecule has 7 heteroatoms. The predicted octanol–water partition coefficient (Wildman–Crippen LogP) is 4.96. The molecule has 1 aromatic heterocycles. The first-order chi connectivity index (χ1) is 16.2. The number of carbonyl (C=O) groups excluding carboxylic acids is 1. The summed E-state index contributed by atoms with van der Waals surface area (Å²) in [6.07, 6.45) is -1.05. The van der Waals surface area contributed by atoms with Crippen molar-refractivity contribution >= 4 is 27.8 Å². The third kappa shape index (κ3) is 3.21. The molecule has 178 valence electrons. The van der Waals surface area contributed by atoms with Crippen molar-refractivity contribution in [1.82, 2.24) is 4.98 Å². The van der Waals surface area contributed by atoms with Gasteiger partial charge in [0.15, 0.2) is 11.5 Å². The molecular weight excluding hydrogens is 434 g/mol. The van der Waals surface area contributed by atoms with Crippen LogP contribution in [0.2, 0.25) is 0 Å². The molecule has 2 heterocycles. The van der Waals surface area contributed by atoms with Gasteiger partial charge in [-0.25, -0.2) is 4.98 Å². The summed E-state index contributed by atoms with van der Waals surface area (Å²) < 4.78 is 17.7. The Bertz CT molecular complexity index is 1360. The second-order valence-corrected chi connectivity index (χ2v) is 9.78. The van der Waals surface area contributed by atoms with Crippen LogP contribution in [0.4, 0.5) is 0 Å². The van der Waals surface area contributed by atoms with Gasteiger partial charge >= 0.3 is 5.97 Å². The number of methoxy groups -OCH3 is 1. The summed E-state index contributed by atoms with van der Waals surface area (Å²) in [4.78, 5) is 17.0. The number of aliphatic hydroxyl groups excluding tert-OH is 1. The van der Waals surface area contributed by atoms with E-state index in [1.54, 1.807) is 6.92 Å². The number of benzene rings is 2. The lowest BCUT2D eigenvalue weighted by Crippen LogP contribution is -2.49. The van der Waals surface area contributed by atoms with Gasteiger partial charge in [0.2, 0.25) is 5.75 Å². The molecule has 0 fully saturated rings. The molecule has 1 aliphatic carbocycles. The fourth-order valence-corrected chi connectivity index (χ4v) is 5.35. The molecule has 0 spiro atoms. The fourth-order valence-electron chi connectivity index (χ4n) is 5.35. The van der Waals surface area contributed by atoms with Crippen molar-refractivity contribution in [3.63, 3.8) is 0 Å². The summed E-state index contributed by atoms with van der Waals surface area (Å²) in [5, 5.41) is 24.0. The van der Waals surface area contributed by atoms with Crippen LogP contribution in [0.5, 0.6) is 17.2 Å². The third-order valence-corrected chi connectivity index (χ3v) is 7.09. The summed E-state index contributed by atoms with van der Waals surface area (Å²) in [5.41, 5.74) is 2.22. The zero-order valence-electron chi connectivity index (χ0n) is 20.0. The zero-order chi connectivity index (χ0) is 24.4. The number of rotatable bonds is 3. The second-order valence-electron chi connectivity index (χ2n) is 9.78. The van der Waals surface area contributed by atoms with Gasteiger partial charge in [-0.3, -0.25) is 4.79 Å². The molecule has 1 aliphatic heterocycles. The molecule has 2 aliphatic rings. The molecule has 0 radical (unpaired) electrons. The van der Waals surface area contributed by atoms with Gasteiger partial charge in [0.1, 0.15) is 18.0 Å².